The average Bonchev–Trinajstić information content (AvgIpc) is 3.74. The lowest BCUT2D eigenvalue weighted by molar-refractivity contribution is -0.435. The first-order valence-corrected chi connectivity index (χ1v) is 19.6. The number of carbonyl (C=O) groups is 2. The molecule has 1 N–H and O–H groups in total. The number of benzene rings is 5. The molecule has 0 spiro atoms. The molecule has 7 rings (SSSR count). The topological polar surface area (TPSA) is 69.8 Å². The van der Waals surface area contributed by atoms with Gasteiger partial charge < -0.3 is 14.7 Å². The van der Waals surface area contributed by atoms with Gasteiger partial charge in [0.05, 0.1) is 22.7 Å². The van der Waals surface area contributed by atoms with Gasteiger partial charge in [-0.2, -0.15) is 4.58 Å². The molecule has 0 aliphatic carbocycles. The number of ether oxygens (including phenoxy) is 1. The number of allylic oxidation sites excluding steroid dienone is 3. The van der Waals surface area contributed by atoms with Gasteiger partial charge in [-0.3, -0.25) is 9.59 Å². The molecule has 0 amide bonds. The molecule has 2 aliphatic rings. The summed E-state index contributed by atoms with van der Waals surface area (Å²) in [6.07, 6.45) is 11.7. The van der Waals surface area contributed by atoms with Crippen molar-refractivity contribution in [3.05, 3.63) is 138 Å². The van der Waals surface area contributed by atoms with E-state index in [-0.39, 0.29) is 17.7 Å². The van der Waals surface area contributed by atoms with E-state index in [9.17, 15) is 14.7 Å². The van der Waals surface area contributed by atoms with E-state index in [1.54, 1.807) is 11.8 Å². The van der Waals surface area contributed by atoms with E-state index < -0.39 is 11.4 Å². The van der Waals surface area contributed by atoms with Gasteiger partial charge >= 0.3 is 5.97 Å². The van der Waals surface area contributed by atoms with Gasteiger partial charge in [0.1, 0.15) is 13.0 Å². The monoisotopic (exact) mass is 723 g/mol. The van der Waals surface area contributed by atoms with Crippen LogP contribution in [-0.4, -0.2) is 57.8 Å². The van der Waals surface area contributed by atoms with E-state index in [1.165, 1.54) is 38.1 Å². The van der Waals surface area contributed by atoms with E-state index in [4.69, 9.17) is 4.74 Å². The number of aliphatic carboxylic acids is 1. The first-order valence-electron chi connectivity index (χ1n) is 18.6. The molecule has 0 saturated heterocycles. The molecule has 3 unspecified atom stereocenters. The maximum Gasteiger partial charge on any atom is 0.309 e. The van der Waals surface area contributed by atoms with Gasteiger partial charge in [-0.15, -0.1) is 11.8 Å². The molecule has 2 aliphatic heterocycles. The second-order valence-electron chi connectivity index (χ2n) is 14.3. The molecule has 0 radical (unpaired) electrons. The fraction of sp³-hybridized carbons (Fsp3) is 0.283. The summed E-state index contributed by atoms with van der Waals surface area (Å²) in [5.74, 6) is -0.530. The van der Waals surface area contributed by atoms with Crippen LogP contribution in [0.15, 0.2) is 126 Å². The number of carbonyl (C=O) groups excluding carboxylic acids is 1. The SMILES string of the molecule is CCCC(/C=C/C=C(\C)C1=[N+](CCC(=O)O)c2c(c3ccccc3c3ccccc23)C1(C)Cc1cccc2ccccc12)C1SC=CN1CCOC=O. The Hall–Kier alpha value is -5.14. The standard InChI is InChI=1S/C46H46N2O4S/c1-4-13-34(45-47(27-29-53-45)26-28-52-31-49)17-11-14-32(2)44-46(3,30-35-18-12-16-33-15-5-6-19-36(33)35)42-39-22-9-7-20-37(39)38-21-8-10-23-40(38)43(42)48(44)25-24-41(50)51/h5-12,14-23,27,29,31,34,45H,4,13,24-26,28,30H2,1-3H3/p+1/b17-11+,32-14+. The van der Waals surface area contributed by atoms with Crippen LogP contribution >= 0.6 is 11.8 Å². The second-order valence-corrected chi connectivity index (χ2v) is 15.3. The van der Waals surface area contributed by atoms with Crippen molar-refractivity contribution in [2.24, 2.45) is 5.92 Å². The lowest BCUT2D eigenvalue weighted by Crippen LogP contribution is -2.36. The molecule has 3 atom stereocenters. The smallest absolute Gasteiger partial charge is 0.309 e. The zero-order valence-electron chi connectivity index (χ0n) is 30.7. The van der Waals surface area contributed by atoms with Crippen LogP contribution < -0.4 is 0 Å². The molecule has 0 fully saturated rings. The molecule has 53 heavy (non-hydrogen) atoms. The fourth-order valence-corrected chi connectivity index (χ4v) is 9.92. The Morgan fingerprint density at radius 2 is 1.64 bits per heavy atom. The van der Waals surface area contributed by atoms with Crippen molar-refractivity contribution in [1.82, 2.24) is 4.90 Å². The molecule has 5 aromatic rings. The molecule has 0 bridgehead atoms. The van der Waals surface area contributed by atoms with Crippen molar-refractivity contribution in [3.63, 3.8) is 0 Å². The van der Waals surface area contributed by atoms with Crippen LogP contribution in [0.4, 0.5) is 5.69 Å². The number of carboxylic acid groups (broad SMARTS) is 1. The van der Waals surface area contributed by atoms with Gasteiger partial charge in [-0.1, -0.05) is 117 Å². The lowest BCUT2D eigenvalue weighted by Gasteiger charge is -2.30. The third-order valence-electron chi connectivity index (χ3n) is 10.9. The first kappa shape index (κ1) is 36.2. The Bertz CT molecular complexity index is 2300. The molecule has 0 aromatic heterocycles. The summed E-state index contributed by atoms with van der Waals surface area (Å²) in [6.45, 7) is 8.65. The number of fused-ring (bicyclic) bond motifs is 7. The maximum absolute atomic E-state index is 12.3. The van der Waals surface area contributed by atoms with Crippen molar-refractivity contribution in [1.29, 1.82) is 0 Å². The fourth-order valence-electron chi connectivity index (χ4n) is 8.77. The molecule has 0 saturated carbocycles. The summed E-state index contributed by atoms with van der Waals surface area (Å²) in [5.41, 5.74) is 5.40. The summed E-state index contributed by atoms with van der Waals surface area (Å²) >= 11 is 1.81. The Labute approximate surface area is 316 Å². The van der Waals surface area contributed by atoms with Crippen molar-refractivity contribution < 1.29 is 24.0 Å². The van der Waals surface area contributed by atoms with Gasteiger partial charge in [-0.25, -0.2) is 0 Å². The highest BCUT2D eigenvalue weighted by molar-refractivity contribution is 8.02. The van der Waals surface area contributed by atoms with E-state index in [1.807, 2.05) is 0 Å². The Morgan fingerprint density at radius 1 is 0.962 bits per heavy atom. The summed E-state index contributed by atoms with van der Waals surface area (Å²) < 4.78 is 7.36. The minimum absolute atomic E-state index is 0.0195. The third-order valence-corrected chi connectivity index (χ3v) is 12.1. The lowest BCUT2D eigenvalue weighted by atomic mass is 9.70. The second kappa shape index (κ2) is 15.8. The summed E-state index contributed by atoms with van der Waals surface area (Å²) in [4.78, 5) is 25.3. The summed E-state index contributed by atoms with van der Waals surface area (Å²) in [6, 6.07) is 32.4. The third kappa shape index (κ3) is 7.03. The highest BCUT2D eigenvalue weighted by Crippen LogP contribution is 2.51. The van der Waals surface area contributed by atoms with Crippen LogP contribution in [0.2, 0.25) is 0 Å². The minimum Gasteiger partial charge on any atom is -0.481 e. The van der Waals surface area contributed by atoms with Gasteiger partial charge in [0, 0.05) is 23.3 Å². The predicted octanol–water partition coefficient (Wildman–Crippen LogP) is 10.2. The van der Waals surface area contributed by atoms with Crippen LogP contribution in [0.3, 0.4) is 0 Å². The van der Waals surface area contributed by atoms with Crippen LogP contribution in [0, 0.1) is 5.92 Å². The van der Waals surface area contributed by atoms with Gasteiger partial charge in [0.15, 0.2) is 12.3 Å². The van der Waals surface area contributed by atoms with Gasteiger partial charge in [-0.05, 0) is 70.7 Å². The molecule has 5 aromatic carbocycles. The number of hydrogen-bond donors (Lipinski definition) is 1. The number of carboxylic acids is 1. The van der Waals surface area contributed by atoms with Gasteiger partial charge in [0.2, 0.25) is 5.69 Å². The molecule has 6 nitrogen and oxygen atoms in total. The van der Waals surface area contributed by atoms with E-state index in [0.717, 1.165) is 41.6 Å². The Kier molecular flexibility index (Phi) is 10.8. The molecule has 2 heterocycles. The maximum atomic E-state index is 12.3. The average molecular weight is 724 g/mol. The van der Waals surface area contributed by atoms with E-state index in [0.29, 0.717) is 26.2 Å². The molecule has 7 heteroatoms. The number of rotatable bonds is 15. The molecule has 270 valence electrons. The predicted molar refractivity (Wildman–Crippen MR) is 219 cm³/mol. The van der Waals surface area contributed by atoms with Crippen molar-refractivity contribution in [3.8, 4) is 0 Å². The van der Waals surface area contributed by atoms with Crippen molar-refractivity contribution in [2.75, 3.05) is 19.7 Å². The zero-order valence-corrected chi connectivity index (χ0v) is 31.5. The van der Waals surface area contributed by atoms with Crippen LogP contribution in [0.25, 0.3) is 32.3 Å². The highest BCUT2D eigenvalue weighted by Gasteiger charge is 2.51. The summed E-state index contributed by atoms with van der Waals surface area (Å²) in [5, 5.41) is 19.6. The van der Waals surface area contributed by atoms with E-state index >= 15 is 0 Å². The van der Waals surface area contributed by atoms with Crippen LogP contribution in [0.5, 0.6) is 0 Å². The van der Waals surface area contributed by atoms with Crippen LogP contribution in [0.1, 0.15) is 51.2 Å². The molecular weight excluding hydrogens is 677 g/mol. The number of nitrogens with zero attached hydrogens (tertiary/aromatic N) is 2. The molecular formula is C46H47N2O4S+. The van der Waals surface area contributed by atoms with Crippen molar-refractivity contribution in [2.45, 2.75) is 57.2 Å². The van der Waals surface area contributed by atoms with Crippen LogP contribution in [-0.2, 0) is 26.2 Å². The minimum atomic E-state index is -0.812. The number of hydrogen-bond acceptors (Lipinski definition) is 5. The highest BCUT2D eigenvalue weighted by atomic mass is 32.2. The quantitative estimate of drug-likeness (QED) is 0.0381. The Balaban J connectivity index is 1.41. The van der Waals surface area contributed by atoms with Gasteiger partial charge in [0.25, 0.3) is 6.47 Å². The zero-order chi connectivity index (χ0) is 37.0. The number of thioether (sulfide) groups is 1. The van der Waals surface area contributed by atoms with Crippen molar-refractivity contribution >= 4 is 67.9 Å². The first-order chi connectivity index (χ1) is 25.9. The largest absolute Gasteiger partial charge is 0.481 e. The normalized spacial score (nSPS) is 19.2. The Morgan fingerprint density at radius 3 is 2.38 bits per heavy atom. The summed E-state index contributed by atoms with van der Waals surface area (Å²) in [7, 11) is 0. The van der Waals surface area contributed by atoms with E-state index in [2.05, 4.69) is 151 Å².